The third kappa shape index (κ3) is 4.91. The fraction of sp³-hybridized carbons (Fsp3) is 0.500. The second kappa shape index (κ2) is 10.2. The van der Waals surface area contributed by atoms with Crippen molar-refractivity contribution in [2.45, 2.75) is 76.8 Å². The molecule has 0 radical (unpaired) electrons. The summed E-state index contributed by atoms with van der Waals surface area (Å²) in [7, 11) is 4.35. The van der Waals surface area contributed by atoms with Crippen LogP contribution in [-0.4, -0.2) is 67.8 Å². The molecule has 0 bridgehead atoms. The van der Waals surface area contributed by atoms with Crippen LogP contribution < -0.4 is 14.4 Å². The summed E-state index contributed by atoms with van der Waals surface area (Å²) in [5.74, 6) is 0.356. The van der Waals surface area contributed by atoms with Crippen LogP contribution in [-0.2, 0) is 24.4 Å². The van der Waals surface area contributed by atoms with E-state index in [1.54, 1.807) is 60.8 Å². The van der Waals surface area contributed by atoms with Gasteiger partial charge in [0.05, 0.1) is 32.4 Å². The number of esters is 1. The normalized spacial score (nSPS) is 21.8. The number of benzene rings is 2. The van der Waals surface area contributed by atoms with Crippen molar-refractivity contribution in [3.63, 3.8) is 0 Å². The van der Waals surface area contributed by atoms with Crippen LogP contribution in [0.3, 0.4) is 0 Å². The zero-order valence-corrected chi connectivity index (χ0v) is 24.6. The highest BCUT2D eigenvalue weighted by molar-refractivity contribution is 5.96. The van der Waals surface area contributed by atoms with E-state index in [4.69, 9.17) is 23.7 Å². The topological polar surface area (TPSA) is 104 Å². The van der Waals surface area contributed by atoms with Crippen molar-refractivity contribution in [1.29, 1.82) is 0 Å². The molecule has 3 atom stereocenters. The number of anilines is 1. The van der Waals surface area contributed by atoms with Crippen molar-refractivity contribution in [3.05, 3.63) is 53.6 Å². The number of carbonyl (C=O) groups is 3. The van der Waals surface area contributed by atoms with Crippen LogP contribution in [0.15, 0.2) is 42.5 Å². The number of rotatable bonds is 4. The summed E-state index contributed by atoms with van der Waals surface area (Å²) in [4.78, 5) is 43.9. The molecule has 0 aromatic heterocycles. The van der Waals surface area contributed by atoms with Gasteiger partial charge < -0.3 is 23.7 Å². The van der Waals surface area contributed by atoms with Crippen LogP contribution >= 0.6 is 0 Å². The second-order valence-electron chi connectivity index (χ2n) is 11.9. The summed E-state index contributed by atoms with van der Waals surface area (Å²) in [6, 6.07) is 11.8. The zero-order valence-electron chi connectivity index (χ0n) is 24.6. The summed E-state index contributed by atoms with van der Waals surface area (Å²) in [6.07, 6.45) is -2.31. The fourth-order valence-corrected chi connectivity index (χ4v) is 5.62. The Morgan fingerprint density at radius 3 is 2.00 bits per heavy atom. The monoisotopic (exact) mass is 554 g/mol. The number of amides is 2. The molecule has 2 aliphatic heterocycles. The molecule has 0 N–H and O–H groups in total. The predicted molar refractivity (Wildman–Crippen MR) is 148 cm³/mol. The van der Waals surface area contributed by atoms with Crippen molar-refractivity contribution in [2.75, 3.05) is 26.2 Å². The van der Waals surface area contributed by atoms with E-state index in [2.05, 4.69) is 0 Å². The highest BCUT2D eigenvalue weighted by Crippen LogP contribution is 2.58. The Kier molecular flexibility index (Phi) is 7.42. The van der Waals surface area contributed by atoms with E-state index in [0.29, 0.717) is 22.7 Å². The van der Waals surface area contributed by atoms with Gasteiger partial charge >= 0.3 is 18.2 Å². The molecular formula is C30H38N2O8. The fourth-order valence-electron chi connectivity index (χ4n) is 5.62. The third-order valence-corrected chi connectivity index (χ3v) is 7.01. The molecule has 0 saturated carbocycles. The molecule has 0 aliphatic carbocycles. The SMILES string of the molecule is COC(=O)[C@@H]1C[C@@]2(c3ccc(OC)c(OC)c3)c3ccccc3N(C(=O)OC(C)(C)C)[C@H]2N1C(=O)OC(C)(C)C. The quantitative estimate of drug-likeness (QED) is 0.373. The van der Waals surface area contributed by atoms with Gasteiger partial charge in [-0.1, -0.05) is 24.3 Å². The molecule has 10 heteroatoms. The Hall–Kier alpha value is -3.95. The van der Waals surface area contributed by atoms with Crippen molar-refractivity contribution in [2.24, 2.45) is 0 Å². The summed E-state index contributed by atoms with van der Waals surface area (Å²) < 4.78 is 27.9. The molecule has 2 aliphatic rings. The molecule has 2 aromatic carbocycles. The maximum absolute atomic E-state index is 13.9. The van der Waals surface area contributed by atoms with Gasteiger partial charge in [-0.15, -0.1) is 0 Å². The first-order valence-electron chi connectivity index (χ1n) is 13.1. The van der Waals surface area contributed by atoms with E-state index in [0.717, 1.165) is 5.56 Å². The summed E-state index contributed by atoms with van der Waals surface area (Å²) in [6.45, 7) is 10.5. The van der Waals surface area contributed by atoms with Crippen LogP contribution in [0.5, 0.6) is 11.5 Å². The van der Waals surface area contributed by atoms with E-state index in [1.165, 1.54) is 24.0 Å². The number of ether oxygens (including phenoxy) is 5. The highest BCUT2D eigenvalue weighted by atomic mass is 16.6. The Morgan fingerprint density at radius 1 is 0.825 bits per heavy atom. The smallest absolute Gasteiger partial charge is 0.416 e. The average Bonchev–Trinajstić information content (AvgIpc) is 3.36. The number of nitrogens with zero attached hydrogens (tertiary/aromatic N) is 2. The minimum Gasteiger partial charge on any atom is -0.493 e. The molecule has 216 valence electrons. The number of methoxy groups -OCH3 is 3. The first-order chi connectivity index (χ1) is 18.7. The number of fused-ring (bicyclic) bond motifs is 3. The zero-order chi connectivity index (χ0) is 29.6. The highest BCUT2D eigenvalue weighted by Gasteiger charge is 2.67. The van der Waals surface area contributed by atoms with Gasteiger partial charge in [0.25, 0.3) is 0 Å². The molecule has 2 heterocycles. The molecule has 10 nitrogen and oxygen atoms in total. The van der Waals surface area contributed by atoms with Crippen LogP contribution in [0.2, 0.25) is 0 Å². The molecule has 0 unspecified atom stereocenters. The van der Waals surface area contributed by atoms with Crippen LogP contribution in [0, 0.1) is 0 Å². The van der Waals surface area contributed by atoms with E-state index < -0.39 is 47.0 Å². The number of para-hydroxylation sites is 1. The first-order valence-corrected chi connectivity index (χ1v) is 13.1. The number of hydrogen-bond acceptors (Lipinski definition) is 8. The van der Waals surface area contributed by atoms with E-state index >= 15 is 0 Å². The molecule has 2 aromatic rings. The Morgan fingerprint density at radius 2 is 1.43 bits per heavy atom. The Balaban J connectivity index is 2.04. The summed E-state index contributed by atoms with van der Waals surface area (Å²) in [5.41, 5.74) is -0.727. The van der Waals surface area contributed by atoms with Crippen molar-refractivity contribution in [3.8, 4) is 11.5 Å². The van der Waals surface area contributed by atoms with E-state index in [1.807, 2.05) is 30.3 Å². The van der Waals surface area contributed by atoms with Crippen LogP contribution in [0.25, 0.3) is 0 Å². The van der Waals surface area contributed by atoms with Crippen molar-refractivity contribution in [1.82, 2.24) is 4.90 Å². The van der Waals surface area contributed by atoms with Crippen molar-refractivity contribution >= 4 is 23.8 Å². The van der Waals surface area contributed by atoms with Gasteiger partial charge in [0.2, 0.25) is 0 Å². The largest absolute Gasteiger partial charge is 0.493 e. The summed E-state index contributed by atoms with van der Waals surface area (Å²) in [5, 5.41) is 0. The lowest BCUT2D eigenvalue weighted by atomic mass is 9.72. The van der Waals surface area contributed by atoms with Crippen molar-refractivity contribution < 1.29 is 38.1 Å². The molecule has 2 amide bonds. The van der Waals surface area contributed by atoms with Gasteiger partial charge in [-0.05, 0) is 77.3 Å². The van der Waals surface area contributed by atoms with Crippen LogP contribution in [0.4, 0.5) is 15.3 Å². The third-order valence-electron chi connectivity index (χ3n) is 7.01. The standard InChI is InChI=1S/C30H38N2O8/c1-28(2,3)39-26(34)31-20-13-11-10-12-19(20)30(18-14-15-22(36-7)23(16-18)37-8)17-21(24(33)38-9)32(25(30)31)27(35)40-29(4,5)6/h10-16,21,25H,17H2,1-9H3/t21-,25-,30+/m0/s1. The molecule has 1 fully saturated rings. The maximum Gasteiger partial charge on any atom is 0.416 e. The lowest BCUT2D eigenvalue weighted by Gasteiger charge is -2.39. The number of hydrogen-bond donors (Lipinski definition) is 0. The average molecular weight is 555 g/mol. The number of carbonyl (C=O) groups excluding carboxylic acids is 3. The van der Waals surface area contributed by atoms with Gasteiger partial charge in [-0.25, -0.2) is 14.4 Å². The Labute approximate surface area is 235 Å². The van der Waals surface area contributed by atoms with Gasteiger partial charge in [0, 0.05) is 0 Å². The Bertz CT molecular complexity index is 1310. The number of likely N-dealkylation sites (tertiary alicyclic amines) is 1. The maximum atomic E-state index is 13.9. The minimum atomic E-state index is -1.07. The van der Waals surface area contributed by atoms with Gasteiger partial charge in [0.1, 0.15) is 23.4 Å². The molecular weight excluding hydrogens is 516 g/mol. The first kappa shape index (κ1) is 29.0. The van der Waals surface area contributed by atoms with Gasteiger partial charge in [-0.3, -0.25) is 9.80 Å². The molecule has 0 spiro atoms. The minimum absolute atomic E-state index is 0.120. The molecule has 40 heavy (non-hydrogen) atoms. The second-order valence-corrected chi connectivity index (χ2v) is 11.9. The lowest BCUT2D eigenvalue weighted by Crippen LogP contribution is -2.58. The lowest BCUT2D eigenvalue weighted by molar-refractivity contribution is -0.146. The molecule has 1 saturated heterocycles. The summed E-state index contributed by atoms with van der Waals surface area (Å²) >= 11 is 0. The van der Waals surface area contributed by atoms with Gasteiger partial charge in [0.15, 0.2) is 11.5 Å². The van der Waals surface area contributed by atoms with Crippen LogP contribution in [0.1, 0.15) is 59.1 Å². The molecule has 4 rings (SSSR count). The predicted octanol–water partition coefficient (Wildman–Crippen LogP) is 5.25. The van der Waals surface area contributed by atoms with E-state index in [-0.39, 0.29) is 6.42 Å². The van der Waals surface area contributed by atoms with Gasteiger partial charge in [-0.2, -0.15) is 0 Å². The van der Waals surface area contributed by atoms with E-state index in [9.17, 15) is 14.4 Å².